The summed E-state index contributed by atoms with van der Waals surface area (Å²) in [4.78, 5) is 0. The SMILES string of the molecule is Clc1ccc2nnc(C3CCNC3)n2n1. The molecule has 0 saturated carbocycles. The van der Waals surface area contributed by atoms with Crippen LogP contribution in [0.25, 0.3) is 5.65 Å². The lowest BCUT2D eigenvalue weighted by atomic mass is 10.1. The van der Waals surface area contributed by atoms with Crippen LogP contribution in [0.2, 0.25) is 5.15 Å². The Labute approximate surface area is 91.5 Å². The van der Waals surface area contributed by atoms with Gasteiger partial charge >= 0.3 is 0 Å². The Hall–Kier alpha value is -1.20. The van der Waals surface area contributed by atoms with Crippen LogP contribution in [0.4, 0.5) is 0 Å². The summed E-state index contributed by atoms with van der Waals surface area (Å²) in [6.45, 7) is 1.97. The maximum absolute atomic E-state index is 5.85. The van der Waals surface area contributed by atoms with Gasteiger partial charge in [0, 0.05) is 12.5 Å². The summed E-state index contributed by atoms with van der Waals surface area (Å²) < 4.78 is 1.74. The molecule has 1 saturated heterocycles. The number of hydrogen-bond acceptors (Lipinski definition) is 4. The van der Waals surface area contributed by atoms with Crippen molar-refractivity contribution in [3.63, 3.8) is 0 Å². The molecule has 6 heteroatoms. The highest BCUT2D eigenvalue weighted by Gasteiger charge is 2.22. The molecule has 0 aromatic carbocycles. The molecule has 0 amide bonds. The molecular formula is C9H10ClN5. The Morgan fingerprint density at radius 1 is 1.40 bits per heavy atom. The minimum absolute atomic E-state index is 0.394. The van der Waals surface area contributed by atoms with Gasteiger partial charge in [-0.15, -0.1) is 10.2 Å². The summed E-state index contributed by atoms with van der Waals surface area (Å²) in [6, 6.07) is 3.55. The van der Waals surface area contributed by atoms with E-state index >= 15 is 0 Å². The van der Waals surface area contributed by atoms with Crippen molar-refractivity contribution in [2.45, 2.75) is 12.3 Å². The second kappa shape index (κ2) is 3.43. The molecule has 0 aliphatic carbocycles. The average Bonchev–Trinajstić information content (AvgIpc) is 2.83. The van der Waals surface area contributed by atoms with Gasteiger partial charge in [-0.25, -0.2) is 0 Å². The zero-order chi connectivity index (χ0) is 10.3. The van der Waals surface area contributed by atoms with E-state index < -0.39 is 0 Å². The number of hydrogen-bond donors (Lipinski definition) is 1. The minimum Gasteiger partial charge on any atom is -0.316 e. The van der Waals surface area contributed by atoms with Gasteiger partial charge in [0.1, 0.15) is 5.15 Å². The number of nitrogens with zero attached hydrogens (tertiary/aromatic N) is 4. The smallest absolute Gasteiger partial charge is 0.178 e. The van der Waals surface area contributed by atoms with Gasteiger partial charge in [0.25, 0.3) is 0 Å². The van der Waals surface area contributed by atoms with Crippen molar-refractivity contribution in [2.24, 2.45) is 0 Å². The molecule has 78 valence electrons. The Morgan fingerprint density at radius 3 is 3.13 bits per heavy atom. The Balaban J connectivity index is 2.13. The van der Waals surface area contributed by atoms with E-state index in [9.17, 15) is 0 Å². The van der Waals surface area contributed by atoms with E-state index in [1.807, 2.05) is 6.07 Å². The molecule has 2 aromatic rings. The van der Waals surface area contributed by atoms with Crippen molar-refractivity contribution in [1.29, 1.82) is 0 Å². The fourth-order valence-electron chi connectivity index (χ4n) is 1.91. The molecule has 3 heterocycles. The van der Waals surface area contributed by atoms with Gasteiger partial charge in [-0.1, -0.05) is 11.6 Å². The number of nitrogens with one attached hydrogen (secondary N) is 1. The van der Waals surface area contributed by atoms with E-state index in [1.165, 1.54) is 0 Å². The number of halogens is 1. The van der Waals surface area contributed by atoms with Crippen LogP contribution in [0.1, 0.15) is 18.2 Å². The molecule has 1 fully saturated rings. The third-order valence-corrected chi connectivity index (χ3v) is 2.88. The van der Waals surface area contributed by atoms with Gasteiger partial charge in [0.15, 0.2) is 11.5 Å². The van der Waals surface area contributed by atoms with Crippen molar-refractivity contribution >= 4 is 17.2 Å². The molecule has 1 unspecified atom stereocenters. The van der Waals surface area contributed by atoms with Crippen LogP contribution in [-0.4, -0.2) is 32.9 Å². The van der Waals surface area contributed by atoms with Gasteiger partial charge in [-0.05, 0) is 25.1 Å². The average molecular weight is 224 g/mol. The lowest BCUT2D eigenvalue weighted by Gasteiger charge is -2.04. The van der Waals surface area contributed by atoms with E-state index in [2.05, 4.69) is 20.6 Å². The van der Waals surface area contributed by atoms with Crippen LogP contribution in [-0.2, 0) is 0 Å². The largest absolute Gasteiger partial charge is 0.316 e. The molecule has 5 nitrogen and oxygen atoms in total. The van der Waals surface area contributed by atoms with Crippen molar-refractivity contribution in [3.05, 3.63) is 23.1 Å². The first-order valence-electron chi connectivity index (χ1n) is 4.93. The Kier molecular flexibility index (Phi) is 2.07. The fourth-order valence-corrected chi connectivity index (χ4v) is 2.05. The lowest BCUT2D eigenvalue weighted by molar-refractivity contribution is 0.667. The predicted molar refractivity (Wildman–Crippen MR) is 56.0 cm³/mol. The Morgan fingerprint density at radius 2 is 2.33 bits per heavy atom. The van der Waals surface area contributed by atoms with E-state index in [1.54, 1.807) is 10.6 Å². The second-order valence-corrected chi connectivity index (χ2v) is 4.06. The topological polar surface area (TPSA) is 55.1 Å². The van der Waals surface area contributed by atoms with Crippen LogP contribution in [0, 0.1) is 0 Å². The standard InChI is InChI=1S/C9H10ClN5/c10-7-1-2-8-12-13-9(15(8)14-7)6-3-4-11-5-6/h1-2,6,11H,3-5H2. The van der Waals surface area contributed by atoms with Crippen molar-refractivity contribution < 1.29 is 0 Å². The van der Waals surface area contributed by atoms with Crippen LogP contribution >= 0.6 is 11.6 Å². The first-order valence-corrected chi connectivity index (χ1v) is 5.31. The zero-order valence-corrected chi connectivity index (χ0v) is 8.78. The summed E-state index contributed by atoms with van der Waals surface area (Å²) in [7, 11) is 0. The van der Waals surface area contributed by atoms with Gasteiger partial charge < -0.3 is 5.32 Å². The maximum atomic E-state index is 5.85. The molecule has 1 atom stereocenters. The third-order valence-electron chi connectivity index (χ3n) is 2.68. The zero-order valence-electron chi connectivity index (χ0n) is 8.02. The normalized spacial score (nSPS) is 21.3. The quantitative estimate of drug-likeness (QED) is 0.779. The monoisotopic (exact) mass is 223 g/mol. The fraction of sp³-hybridized carbons (Fsp3) is 0.444. The van der Waals surface area contributed by atoms with Crippen molar-refractivity contribution in [1.82, 2.24) is 25.1 Å². The van der Waals surface area contributed by atoms with Crippen molar-refractivity contribution in [2.75, 3.05) is 13.1 Å². The number of rotatable bonds is 1. The molecule has 15 heavy (non-hydrogen) atoms. The maximum Gasteiger partial charge on any atom is 0.178 e. The van der Waals surface area contributed by atoms with Crippen LogP contribution in [0.15, 0.2) is 12.1 Å². The predicted octanol–water partition coefficient (Wildman–Crippen LogP) is 0.855. The summed E-state index contributed by atoms with van der Waals surface area (Å²) in [5, 5.41) is 16.2. The highest BCUT2D eigenvalue weighted by Crippen LogP contribution is 2.20. The van der Waals surface area contributed by atoms with E-state index in [0.717, 1.165) is 31.0 Å². The van der Waals surface area contributed by atoms with Gasteiger partial charge in [-0.2, -0.15) is 9.61 Å². The van der Waals surface area contributed by atoms with Crippen LogP contribution in [0.5, 0.6) is 0 Å². The molecule has 0 spiro atoms. The molecule has 3 rings (SSSR count). The first-order chi connectivity index (χ1) is 7.34. The van der Waals surface area contributed by atoms with Gasteiger partial charge in [0.05, 0.1) is 0 Å². The van der Waals surface area contributed by atoms with E-state index in [-0.39, 0.29) is 0 Å². The Bertz CT molecular complexity index is 488. The highest BCUT2D eigenvalue weighted by atomic mass is 35.5. The van der Waals surface area contributed by atoms with Crippen LogP contribution < -0.4 is 5.32 Å². The molecule has 1 N–H and O–H groups in total. The second-order valence-electron chi connectivity index (χ2n) is 3.67. The first kappa shape index (κ1) is 9.06. The van der Waals surface area contributed by atoms with Crippen molar-refractivity contribution in [3.8, 4) is 0 Å². The van der Waals surface area contributed by atoms with E-state index in [4.69, 9.17) is 11.6 Å². The van der Waals surface area contributed by atoms with Gasteiger partial charge in [0.2, 0.25) is 0 Å². The highest BCUT2D eigenvalue weighted by molar-refractivity contribution is 6.29. The van der Waals surface area contributed by atoms with Gasteiger partial charge in [-0.3, -0.25) is 0 Å². The number of fused-ring (bicyclic) bond motifs is 1. The molecule has 0 radical (unpaired) electrons. The lowest BCUT2D eigenvalue weighted by Crippen LogP contribution is -2.11. The third kappa shape index (κ3) is 1.48. The minimum atomic E-state index is 0.394. The molecule has 2 aromatic heterocycles. The molecule has 1 aliphatic rings. The van der Waals surface area contributed by atoms with E-state index in [0.29, 0.717) is 11.1 Å². The number of aromatic nitrogens is 4. The summed E-state index contributed by atoms with van der Waals surface area (Å²) >= 11 is 5.85. The summed E-state index contributed by atoms with van der Waals surface area (Å²) in [5.41, 5.74) is 0.751. The summed E-state index contributed by atoms with van der Waals surface area (Å²) in [5.74, 6) is 1.29. The molecular weight excluding hydrogens is 214 g/mol. The summed E-state index contributed by atoms with van der Waals surface area (Å²) in [6.07, 6.45) is 1.08. The molecule has 0 bridgehead atoms. The molecule has 1 aliphatic heterocycles. The van der Waals surface area contributed by atoms with Crippen LogP contribution in [0.3, 0.4) is 0 Å².